The van der Waals surface area contributed by atoms with Crippen LogP contribution in [0.5, 0.6) is 0 Å². The maximum atomic E-state index is 5.66. The fraction of sp³-hybridized carbons (Fsp3) is 0.444. The second-order valence-corrected chi connectivity index (χ2v) is 5.96. The van der Waals surface area contributed by atoms with Crippen molar-refractivity contribution >= 4 is 10.8 Å². The van der Waals surface area contributed by atoms with Crippen molar-refractivity contribution in [3.05, 3.63) is 47.5 Å². The first-order valence-corrected chi connectivity index (χ1v) is 7.77. The van der Waals surface area contributed by atoms with Crippen molar-refractivity contribution in [1.29, 1.82) is 0 Å². The zero-order valence-electron chi connectivity index (χ0n) is 12.5. The van der Waals surface area contributed by atoms with Crippen LogP contribution in [0.4, 0.5) is 0 Å². The molecule has 0 N–H and O–H groups in total. The summed E-state index contributed by atoms with van der Waals surface area (Å²) in [5.41, 5.74) is 2.38. The van der Waals surface area contributed by atoms with E-state index in [0.717, 1.165) is 13.2 Å². The van der Waals surface area contributed by atoms with Gasteiger partial charge in [-0.25, -0.2) is 0 Å². The molecule has 2 fully saturated rings. The topological polar surface area (TPSA) is 43.5 Å². The minimum absolute atomic E-state index is 0.319. The summed E-state index contributed by atoms with van der Waals surface area (Å²) in [6.07, 6.45) is 0.638. The number of hydrogen-bond acceptors (Lipinski definition) is 4. The van der Waals surface area contributed by atoms with E-state index in [1.165, 1.54) is 21.9 Å². The van der Waals surface area contributed by atoms with Gasteiger partial charge in [-0.3, -0.25) is 0 Å². The summed E-state index contributed by atoms with van der Waals surface area (Å²) >= 11 is 0. The molecule has 2 aromatic rings. The van der Waals surface area contributed by atoms with E-state index in [2.05, 4.69) is 36.4 Å². The molecule has 2 heterocycles. The van der Waals surface area contributed by atoms with E-state index in [4.69, 9.17) is 18.9 Å². The van der Waals surface area contributed by atoms with Gasteiger partial charge in [-0.1, -0.05) is 24.3 Å². The molecule has 116 valence electrons. The van der Waals surface area contributed by atoms with E-state index in [1.54, 1.807) is 0 Å². The molecule has 2 aliphatic rings. The van der Waals surface area contributed by atoms with Crippen LogP contribution in [0.25, 0.3) is 10.8 Å². The molecule has 2 saturated heterocycles. The normalized spacial score (nSPS) is 22.9. The summed E-state index contributed by atoms with van der Waals surface area (Å²) in [6.45, 7) is 4.33. The number of epoxide rings is 2. The van der Waals surface area contributed by atoms with Crippen LogP contribution in [0, 0.1) is 0 Å². The molecule has 22 heavy (non-hydrogen) atoms. The van der Waals surface area contributed by atoms with Crippen molar-refractivity contribution in [2.24, 2.45) is 0 Å². The largest absolute Gasteiger partial charge is 0.374 e. The highest BCUT2D eigenvalue weighted by molar-refractivity contribution is 5.83. The van der Waals surface area contributed by atoms with Crippen LogP contribution in [0.1, 0.15) is 11.1 Å². The van der Waals surface area contributed by atoms with E-state index in [9.17, 15) is 0 Å². The Bertz CT molecular complexity index is 594. The lowest BCUT2D eigenvalue weighted by Gasteiger charge is -2.07. The third kappa shape index (κ3) is 3.84. The Hall–Kier alpha value is -1.46. The lowest BCUT2D eigenvalue weighted by atomic mass is 10.0. The molecule has 0 spiro atoms. The van der Waals surface area contributed by atoms with Gasteiger partial charge in [0.1, 0.15) is 12.2 Å². The molecule has 0 aliphatic carbocycles. The van der Waals surface area contributed by atoms with Crippen molar-refractivity contribution in [3.8, 4) is 0 Å². The van der Waals surface area contributed by atoms with Gasteiger partial charge in [0.25, 0.3) is 0 Å². The van der Waals surface area contributed by atoms with Crippen LogP contribution in [-0.2, 0) is 32.2 Å². The summed E-state index contributed by atoms with van der Waals surface area (Å²) in [5.74, 6) is 0. The van der Waals surface area contributed by atoms with Gasteiger partial charge in [0, 0.05) is 0 Å². The molecule has 0 radical (unpaired) electrons. The Kier molecular flexibility index (Phi) is 4.08. The van der Waals surface area contributed by atoms with Gasteiger partial charge in [0.15, 0.2) is 0 Å². The van der Waals surface area contributed by atoms with Crippen LogP contribution in [0.2, 0.25) is 0 Å². The molecule has 0 aromatic heterocycles. The van der Waals surface area contributed by atoms with Crippen molar-refractivity contribution in [2.75, 3.05) is 26.4 Å². The second-order valence-electron chi connectivity index (χ2n) is 5.96. The zero-order valence-corrected chi connectivity index (χ0v) is 12.5. The predicted molar refractivity (Wildman–Crippen MR) is 82.7 cm³/mol. The summed E-state index contributed by atoms with van der Waals surface area (Å²) in [4.78, 5) is 0. The third-order valence-electron chi connectivity index (χ3n) is 3.92. The first kappa shape index (κ1) is 14.2. The molecule has 0 bridgehead atoms. The van der Waals surface area contributed by atoms with Gasteiger partial charge in [-0.05, 0) is 34.0 Å². The van der Waals surface area contributed by atoms with E-state index in [0.29, 0.717) is 38.6 Å². The SMILES string of the molecule is c1cc2ccc(COCC3CO3)cc2cc1COCC1CO1. The number of benzene rings is 2. The van der Waals surface area contributed by atoms with E-state index < -0.39 is 0 Å². The molecule has 4 nitrogen and oxygen atoms in total. The first-order chi connectivity index (χ1) is 10.9. The molecular weight excluding hydrogens is 280 g/mol. The monoisotopic (exact) mass is 300 g/mol. The zero-order chi connectivity index (χ0) is 14.8. The molecule has 2 aliphatic heterocycles. The summed E-state index contributed by atoms with van der Waals surface area (Å²) in [5, 5.41) is 2.47. The molecule has 0 saturated carbocycles. The van der Waals surface area contributed by atoms with Crippen molar-refractivity contribution in [2.45, 2.75) is 25.4 Å². The molecular formula is C18H20O4. The second kappa shape index (κ2) is 6.34. The standard InChI is InChI=1S/C18H20O4/c1-3-15-4-2-14(8-20-10-18-12-22-18)6-16(15)5-13(1)7-19-9-17-11-21-17/h1-6,17-18H,7-12H2. The number of ether oxygens (including phenoxy) is 4. The first-order valence-electron chi connectivity index (χ1n) is 7.77. The van der Waals surface area contributed by atoms with Gasteiger partial charge in [0.2, 0.25) is 0 Å². The van der Waals surface area contributed by atoms with Crippen LogP contribution < -0.4 is 0 Å². The van der Waals surface area contributed by atoms with Crippen LogP contribution in [0.15, 0.2) is 36.4 Å². The van der Waals surface area contributed by atoms with Crippen molar-refractivity contribution in [3.63, 3.8) is 0 Å². The van der Waals surface area contributed by atoms with Crippen molar-refractivity contribution < 1.29 is 18.9 Å². The van der Waals surface area contributed by atoms with E-state index >= 15 is 0 Å². The van der Waals surface area contributed by atoms with Crippen LogP contribution in [-0.4, -0.2) is 38.6 Å². The van der Waals surface area contributed by atoms with Gasteiger partial charge < -0.3 is 18.9 Å². The Balaban J connectivity index is 1.39. The number of hydrogen-bond donors (Lipinski definition) is 0. The third-order valence-corrected chi connectivity index (χ3v) is 3.92. The minimum Gasteiger partial charge on any atom is -0.374 e. The summed E-state index contributed by atoms with van der Waals surface area (Å²) in [7, 11) is 0. The highest BCUT2D eigenvalue weighted by Crippen LogP contribution is 2.20. The molecule has 0 amide bonds. The van der Waals surface area contributed by atoms with Crippen molar-refractivity contribution in [1.82, 2.24) is 0 Å². The van der Waals surface area contributed by atoms with E-state index in [1.807, 2.05) is 0 Å². The fourth-order valence-electron chi connectivity index (χ4n) is 2.47. The molecule has 4 rings (SSSR count). The molecule has 2 unspecified atom stereocenters. The smallest absolute Gasteiger partial charge is 0.104 e. The van der Waals surface area contributed by atoms with Gasteiger partial charge >= 0.3 is 0 Å². The van der Waals surface area contributed by atoms with E-state index in [-0.39, 0.29) is 0 Å². The van der Waals surface area contributed by atoms with Crippen LogP contribution in [0.3, 0.4) is 0 Å². The Morgan fingerprint density at radius 3 is 1.73 bits per heavy atom. The maximum Gasteiger partial charge on any atom is 0.104 e. The number of rotatable bonds is 8. The van der Waals surface area contributed by atoms with Crippen LogP contribution >= 0.6 is 0 Å². The maximum absolute atomic E-state index is 5.66. The Labute approximate surface area is 129 Å². The number of fused-ring (bicyclic) bond motifs is 1. The minimum atomic E-state index is 0.319. The lowest BCUT2D eigenvalue weighted by Crippen LogP contribution is -2.02. The highest BCUT2D eigenvalue weighted by Gasteiger charge is 2.22. The average Bonchev–Trinajstić information content (AvgIpc) is 3.42. The molecule has 2 atom stereocenters. The lowest BCUT2D eigenvalue weighted by molar-refractivity contribution is 0.104. The predicted octanol–water partition coefficient (Wildman–Crippen LogP) is 2.67. The van der Waals surface area contributed by atoms with Gasteiger partial charge in [0.05, 0.1) is 39.6 Å². The average molecular weight is 300 g/mol. The highest BCUT2D eigenvalue weighted by atomic mass is 16.6. The fourth-order valence-corrected chi connectivity index (χ4v) is 2.47. The Morgan fingerprint density at radius 1 is 0.773 bits per heavy atom. The summed E-state index contributed by atoms with van der Waals surface area (Å²) < 4.78 is 21.6. The molecule has 2 aromatic carbocycles. The van der Waals surface area contributed by atoms with Gasteiger partial charge in [-0.2, -0.15) is 0 Å². The summed E-state index contributed by atoms with van der Waals surface area (Å²) in [6, 6.07) is 12.9. The molecule has 4 heteroatoms. The quantitative estimate of drug-likeness (QED) is 0.703. The van der Waals surface area contributed by atoms with Gasteiger partial charge in [-0.15, -0.1) is 0 Å². The Morgan fingerprint density at radius 2 is 1.27 bits per heavy atom.